The average Bonchev–Trinajstić information content (AvgIpc) is 3.15. The van der Waals surface area contributed by atoms with Crippen LogP contribution >= 0.6 is 11.3 Å². The van der Waals surface area contributed by atoms with E-state index in [0.717, 1.165) is 12.6 Å². The molecule has 1 atom stereocenters. The fraction of sp³-hybridized carbons (Fsp3) is 0.786. The molecule has 3 nitrogen and oxygen atoms in total. The first-order chi connectivity index (χ1) is 8.81. The predicted molar refractivity (Wildman–Crippen MR) is 75.9 cm³/mol. The fourth-order valence-electron chi connectivity index (χ4n) is 2.79. The van der Waals surface area contributed by atoms with Gasteiger partial charge >= 0.3 is 0 Å². The minimum atomic E-state index is 0.709. The van der Waals surface area contributed by atoms with Gasteiger partial charge < -0.3 is 5.32 Å². The molecule has 2 fully saturated rings. The van der Waals surface area contributed by atoms with Gasteiger partial charge in [-0.3, -0.25) is 4.90 Å². The molecule has 0 amide bonds. The molecular weight excluding hydrogens is 242 g/mol. The average molecular weight is 265 g/mol. The zero-order valence-electron chi connectivity index (χ0n) is 11.2. The normalized spacial score (nSPS) is 24.7. The van der Waals surface area contributed by atoms with Crippen molar-refractivity contribution in [2.24, 2.45) is 0 Å². The summed E-state index contributed by atoms with van der Waals surface area (Å²) in [6.07, 6.45) is 6.87. The Morgan fingerprint density at radius 1 is 1.39 bits per heavy atom. The van der Waals surface area contributed by atoms with Crippen molar-refractivity contribution in [1.82, 2.24) is 15.2 Å². The third-order valence-electron chi connectivity index (χ3n) is 3.94. The van der Waals surface area contributed by atoms with Gasteiger partial charge in [-0.1, -0.05) is 6.42 Å². The summed E-state index contributed by atoms with van der Waals surface area (Å²) in [7, 11) is 0. The maximum Gasteiger partial charge on any atom is 0.107 e. The van der Waals surface area contributed by atoms with Crippen LogP contribution in [-0.4, -0.2) is 35.1 Å². The highest BCUT2D eigenvalue weighted by Crippen LogP contribution is 2.29. The van der Waals surface area contributed by atoms with Crippen molar-refractivity contribution in [2.45, 2.75) is 57.7 Å². The second-order valence-electron chi connectivity index (χ2n) is 5.69. The second-order valence-corrected chi connectivity index (χ2v) is 6.63. The summed E-state index contributed by atoms with van der Waals surface area (Å²) in [5, 5.41) is 7.12. The molecule has 0 radical (unpaired) electrons. The van der Waals surface area contributed by atoms with Crippen LogP contribution in [0.1, 0.15) is 42.8 Å². The molecule has 1 unspecified atom stereocenters. The lowest BCUT2D eigenvalue weighted by atomic mass is 10.0. The van der Waals surface area contributed by atoms with Crippen molar-refractivity contribution in [3.63, 3.8) is 0 Å². The van der Waals surface area contributed by atoms with Gasteiger partial charge in [0.2, 0.25) is 0 Å². The molecule has 3 rings (SSSR count). The topological polar surface area (TPSA) is 28.2 Å². The SMILES string of the molecule is Cc1csc(CN(CC2CCCCN2)C2CC2)n1. The van der Waals surface area contributed by atoms with Gasteiger partial charge in [0.1, 0.15) is 5.01 Å². The van der Waals surface area contributed by atoms with Crippen molar-refractivity contribution < 1.29 is 0 Å². The highest BCUT2D eigenvalue weighted by atomic mass is 32.1. The van der Waals surface area contributed by atoms with E-state index in [1.54, 1.807) is 0 Å². The fourth-order valence-corrected chi connectivity index (χ4v) is 3.59. The summed E-state index contributed by atoms with van der Waals surface area (Å²) in [5.41, 5.74) is 1.17. The van der Waals surface area contributed by atoms with E-state index in [1.165, 1.54) is 55.9 Å². The highest BCUT2D eigenvalue weighted by molar-refractivity contribution is 7.09. The second kappa shape index (κ2) is 5.68. The first-order valence-corrected chi connectivity index (χ1v) is 8.07. The Labute approximate surface area is 114 Å². The Morgan fingerprint density at radius 3 is 2.89 bits per heavy atom. The molecule has 1 aliphatic heterocycles. The van der Waals surface area contributed by atoms with E-state index in [1.807, 2.05) is 11.3 Å². The number of nitrogens with zero attached hydrogens (tertiary/aromatic N) is 2. The first-order valence-electron chi connectivity index (χ1n) is 7.20. The number of aryl methyl sites for hydroxylation is 1. The number of rotatable bonds is 5. The molecule has 0 spiro atoms. The Hall–Kier alpha value is -0.450. The predicted octanol–water partition coefficient (Wildman–Crippen LogP) is 2.56. The van der Waals surface area contributed by atoms with Crippen LogP contribution < -0.4 is 5.32 Å². The minimum absolute atomic E-state index is 0.709. The largest absolute Gasteiger partial charge is 0.313 e. The van der Waals surface area contributed by atoms with Gasteiger partial charge in [-0.15, -0.1) is 11.3 Å². The van der Waals surface area contributed by atoms with Crippen molar-refractivity contribution in [1.29, 1.82) is 0 Å². The van der Waals surface area contributed by atoms with Gasteiger partial charge in [0, 0.05) is 29.7 Å². The smallest absolute Gasteiger partial charge is 0.107 e. The van der Waals surface area contributed by atoms with Crippen LogP contribution in [0.25, 0.3) is 0 Å². The highest BCUT2D eigenvalue weighted by Gasteiger charge is 2.31. The number of nitrogens with one attached hydrogen (secondary N) is 1. The molecule has 1 aromatic heterocycles. The monoisotopic (exact) mass is 265 g/mol. The van der Waals surface area contributed by atoms with E-state index in [0.29, 0.717) is 6.04 Å². The first kappa shape index (κ1) is 12.6. The molecule has 18 heavy (non-hydrogen) atoms. The quantitative estimate of drug-likeness (QED) is 0.887. The minimum Gasteiger partial charge on any atom is -0.313 e. The molecule has 1 saturated carbocycles. The summed E-state index contributed by atoms with van der Waals surface area (Å²) in [4.78, 5) is 7.26. The standard InChI is InChI=1S/C14H23N3S/c1-11-10-18-14(16-11)9-17(13-5-6-13)8-12-4-2-3-7-15-12/h10,12-13,15H,2-9H2,1H3. The van der Waals surface area contributed by atoms with Crippen molar-refractivity contribution in [3.05, 3.63) is 16.1 Å². The summed E-state index contributed by atoms with van der Waals surface area (Å²) >= 11 is 1.81. The molecule has 1 saturated heterocycles. The van der Waals surface area contributed by atoms with Crippen molar-refractivity contribution >= 4 is 11.3 Å². The Kier molecular flexibility index (Phi) is 3.97. The van der Waals surface area contributed by atoms with E-state index in [4.69, 9.17) is 0 Å². The van der Waals surface area contributed by atoms with Crippen molar-refractivity contribution in [2.75, 3.05) is 13.1 Å². The maximum atomic E-state index is 4.61. The van der Waals surface area contributed by atoms with E-state index in [-0.39, 0.29) is 0 Å². The zero-order valence-corrected chi connectivity index (χ0v) is 12.0. The van der Waals surface area contributed by atoms with Crippen LogP contribution in [0.4, 0.5) is 0 Å². The van der Waals surface area contributed by atoms with E-state index >= 15 is 0 Å². The van der Waals surface area contributed by atoms with Crippen molar-refractivity contribution in [3.8, 4) is 0 Å². The Morgan fingerprint density at radius 2 is 2.28 bits per heavy atom. The van der Waals surface area contributed by atoms with Crippen LogP contribution in [-0.2, 0) is 6.54 Å². The van der Waals surface area contributed by atoms with Gasteiger partial charge in [0.25, 0.3) is 0 Å². The lowest BCUT2D eigenvalue weighted by molar-refractivity contribution is 0.208. The summed E-state index contributed by atoms with van der Waals surface area (Å²) in [5.74, 6) is 0. The van der Waals surface area contributed by atoms with E-state index < -0.39 is 0 Å². The van der Waals surface area contributed by atoms with Gasteiger partial charge in [-0.05, 0) is 39.2 Å². The van der Waals surface area contributed by atoms with Gasteiger partial charge in [0.15, 0.2) is 0 Å². The number of hydrogen-bond acceptors (Lipinski definition) is 4. The van der Waals surface area contributed by atoms with Gasteiger partial charge in [-0.25, -0.2) is 4.98 Å². The molecule has 4 heteroatoms. The Bertz CT molecular complexity index is 380. The van der Waals surface area contributed by atoms with E-state index in [2.05, 4.69) is 27.5 Å². The van der Waals surface area contributed by atoms with Gasteiger partial charge in [0.05, 0.1) is 6.54 Å². The van der Waals surface area contributed by atoms with E-state index in [9.17, 15) is 0 Å². The third-order valence-corrected chi connectivity index (χ3v) is 4.89. The summed E-state index contributed by atoms with van der Waals surface area (Å²) in [6.45, 7) is 5.56. The van der Waals surface area contributed by atoms with Crippen LogP contribution in [0.5, 0.6) is 0 Å². The van der Waals surface area contributed by atoms with Crippen LogP contribution in [0, 0.1) is 6.92 Å². The van der Waals surface area contributed by atoms with Crippen LogP contribution in [0.3, 0.4) is 0 Å². The molecule has 1 N–H and O–H groups in total. The molecule has 100 valence electrons. The third kappa shape index (κ3) is 3.31. The zero-order chi connectivity index (χ0) is 12.4. The number of hydrogen-bond donors (Lipinski definition) is 1. The van der Waals surface area contributed by atoms with Gasteiger partial charge in [-0.2, -0.15) is 0 Å². The number of thiazole rings is 1. The molecule has 0 aromatic carbocycles. The molecule has 1 aliphatic carbocycles. The summed E-state index contributed by atoms with van der Waals surface area (Å²) < 4.78 is 0. The van der Waals surface area contributed by atoms with Crippen LogP contribution in [0.2, 0.25) is 0 Å². The lowest BCUT2D eigenvalue weighted by Gasteiger charge is -2.30. The molecule has 2 heterocycles. The molecular formula is C14H23N3S. The van der Waals surface area contributed by atoms with Crippen LogP contribution in [0.15, 0.2) is 5.38 Å². The summed E-state index contributed by atoms with van der Waals surface area (Å²) in [6, 6.07) is 1.54. The Balaban J connectivity index is 1.57. The molecule has 1 aromatic rings. The molecule has 0 bridgehead atoms. The maximum absolute atomic E-state index is 4.61. The molecule has 2 aliphatic rings. The number of piperidine rings is 1. The number of aromatic nitrogens is 1. The lowest BCUT2D eigenvalue weighted by Crippen LogP contribution is -2.44.